The molecule has 0 aromatic carbocycles. The molecule has 0 bridgehead atoms. The van der Waals surface area contributed by atoms with Crippen molar-refractivity contribution in [2.75, 3.05) is 13.6 Å². The summed E-state index contributed by atoms with van der Waals surface area (Å²) in [6, 6.07) is 0. The van der Waals surface area contributed by atoms with Crippen molar-refractivity contribution in [2.24, 2.45) is 18.7 Å². The van der Waals surface area contributed by atoms with Crippen LogP contribution in [-0.4, -0.2) is 33.8 Å². The molecule has 1 aromatic heterocycles. The summed E-state index contributed by atoms with van der Waals surface area (Å²) in [5.74, 6) is 0.653. The van der Waals surface area contributed by atoms with E-state index >= 15 is 0 Å². The third kappa shape index (κ3) is 3.82. The van der Waals surface area contributed by atoms with Crippen molar-refractivity contribution in [1.82, 2.24) is 14.7 Å². The van der Waals surface area contributed by atoms with Crippen LogP contribution in [0, 0.1) is 5.92 Å². The SMILES string of the molecule is CC(C)CC(C)(CN)N(C)Cc1cnn(C)c1. The average molecular weight is 238 g/mol. The first-order valence-electron chi connectivity index (χ1n) is 6.26. The minimum atomic E-state index is 0.0595. The molecule has 17 heavy (non-hydrogen) atoms. The van der Waals surface area contributed by atoms with Gasteiger partial charge in [-0.2, -0.15) is 5.10 Å². The smallest absolute Gasteiger partial charge is 0.0534 e. The summed E-state index contributed by atoms with van der Waals surface area (Å²) in [5.41, 5.74) is 7.25. The summed E-state index contributed by atoms with van der Waals surface area (Å²) in [7, 11) is 4.09. The molecular formula is C13H26N4. The highest BCUT2D eigenvalue weighted by Gasteiger charge is 2.28. The monoisotopic (exact) mass is 238 g/mol. The zero-order chi connectivity index (χ0) is 13.1. The number of hydrogen-bond donors (Lipinski definition) is 1. The van der Waals surface area contributed by atoms with Crippen LogP contribution < -0.4 is 5.73 Å². The van der Waals surface area contributed by atoms with E-state index in [-0.39, 0.29) is 5.54 Å². The molecule has 1 rings (SSSR count). The van der Waals surface area contributed by atoms with Gasteiger partial charge in [0.2, 0.25) is 0 Å². The highest BCUT2D eigenvalue weighted by atomic mass is 15.2. The molecule has 98 valence electrons. The number of rotatable bonds is 6. The zero-order valence-corrected chi connectivity index (χ0v) is 11.8. The van der Waals surface area contributed by atoms with Crippen LogP contribution in [0.4, 0.5) is 0 Å². The molecule has 0 spiro atoms. The summed E-state index contributed by atoms with van der Waals surface area (Å²) in [6.45, 7) is 8.30. The fraction of sp³-hybridized carbons (Fsp3) is 0.769. The number of aryl methyl sites for hydroxylation is 1. The molecule has 0 fully saturated rings. The molecule has 0 saturated carbocycles. The van der Waals surface area contributed by atoms with Crippen molar-refractivity contribution in [2.45, 2.75) is 39.3 Å². The molecule has 0 aliphatic heterocycles. The molecule has 4 nitrogen and oxygen atoms in total. The van der Waals surface area contributed by atoms with Gasteiger partial charge in [0.25, 0.3) is 0 Å². The van der Waals surface area contributed by atoms with E-state index in [0.717, 1.165) is 13.0 Å². The average Bonchev–Trinajstić information content (AvgIpc) is 2.62. The zero-order valence-electron chi connectivity index (χ0n) is 11.8. The van der Waals surface area contributed by atoms with Crippen molar-refractivity contribution in [3.8, 4) is 0 Å². The maximum absolute atomic E-state index is 5.95. The fourth-order valence-electron chi connectivity index (χ4n) is 2.29. The quantitative estimate of drug-likeness (QED) is 0.819. The van der Waals surface area contributed by atoms with E-state index in [1.807, 2.05) is 17.9 Å². The van der Waals surface area contributed by atoms with Crippen molar-refractivity contribution in [3.05, 3.63) is 18.0 Å². The van der Waals surface area contributed by atoms with Crippen LogP contribution in [0.15, 0.2) is 12.4 Å². The molecule has 0 aliphatic carbocycles. The van der Waals surface area contributed by atoms with Gasteiger partial charge in [0.15, 0.2) is 0 Å². The lowest BCUT2D eigenvalue weighted by molar-refractivity contribution is 0.111. The first kappa shape index (κ1) is 14.2. The minimum absolute atomic E-state index is 0.0595. The van der Waals surface area contributed by atoms with Crippen molar-refractivity contribution < 1.29 is 0 Å². The Morgan fingerprint density at radius 3 is 2.59 bits per heavy atom. The van der Waals surface area contributed by atoms with Crippen LogP contribution in [0.3, 0.4) is 0 Å². The van der Waals surface area contributed by atoms with Gasteiger partial charge < -0.3 is 5.73 Å². The molecule has 0 saturated heterocycles. The lowest BCUT2D eigenvalue weighted by Crippen LogP contribution is -2.50. The van der Waals surface area contributed by atoms with E-state index in [1.165, 1.54) is 5.56 Å². The second kappa shape index (κ2) is 5.65. The number of likely N-dealkylation sites (N-methyl/N-ethyl adjacent to an activating group) is 1. The molecule has 0 aliphatic rings. The molecule has 2 N–H and O–H groups in total. The number of nitrogens with zero attached hydrogens (tertiary/aromatic N) is 3. The Hall–Kier alpha value is -0.870. The van der Waals surface area contributed by atoms with Crippen LogP contribution in [0.1, 0.15) is 32.8 Å². The molecule has 1 heterocycles. The van der Waals surface area contributed by atoms with Crippen LogP contribution in [0.25, 0.3) is 0 Å². The lowest BCUT2D eigenvalue weighted by Gasteiger charge is -2.39. The predicted molar refractivity (Wildman–Crippen MR) is 71.6 cm³/mol. The Morgan fingerprint density at radius 1 is 1.53 bits per heavy atom. The summed E-state index contributed by atoms with van der Waals surface area (Å²) >= 11 is 0. The van der Waals surface area contributed by atoms with E-state index in [1.54, 1.807) is 0 Å². The molecule has 1 unspecified atom stereocenters. The molecule has 0 radical (unpaired) electrons. The van der Waals surface area contributed by atoms with Crippen molar-refractivity contribution in [1.29, 1.82) is 0 Å². The number of nitrogens with two attached hydrogens (primary N) is 1. The normalized spacial score (nSPS) is 15.5. The van der Waals surface area contributed by atoms with Gasteiger partial charge in [-0.3, -0.25) is 9.58 Å². The highest BCUT2D eigenvalue weighted by Crippen LogP contribution is 2.23. The van der Waals surface area contributed by atoms with Gasteiger partial charge in [0, 0.05) is 37.4 Å². The van der Waals surface area contributed by atoms with Crippen molar-refractivity contribution in [3.63, 3.8) is 0 Å². The molecule has 0 amide bonds. The van der Waals surface area contributed by atoms with Crippen LogP contribution >= 0.6 is 0 Å². The Labute approximate surface area is 105 Å². The van der Waals surface area contributed by atoms with E-state index in [2.05, 4.69) is 44.0 Å². The molecule has 1 atom stereocenters. The number of hydrogen-bond acceptors (Lipinski definition) is 3. The Kier molecular flexibility index (Phi) is 4.71. The first-order chi connectivity index (χ1) is 7.87. The van der Waals surface area contributed by atoms with Gasteiger partial charge in [0.05, 0.1) is 6.20 Å². The van der Waals surface area contributed by atoms with E-state index < -0.39 is 0 Å². The highest BCUT2D eigenvalue weighted by molar-refractivity contribution is 5.04. The molecular weight excluding hydrogens is 212 g/mol. The minimum Gasteiger partial charge on any atom is -0.329 e. The number of aromatic nitrogens is 2. The topological polar surface area (TPSA) is 47.1 Å². The fourth-order valence-corrected chi connectivity index (χ4v) is 2.29. The summed E-state index contributed by atoms with van der Waals surface area (Å²) in [6.07, 6.45) is 5.09. The lowest BCUT2D eigenvalue weighted by atomic mass is 9.89. The van der Waals surface area contributed by atoms with Gasteiger partial charge in [-0.15, -0.1) is 0 Å². The van der Waals surface area contributed by atoms with E-state index in [0.29, 0.717) is 12.5 Å². The van der Waals surface area contributed by atoms with Gasteiger partial charge >= 0.3 is 0 Å². The second-order valence-electron chi connectivity index (χ2n) is 5.68. The standard InChI is InChI=1S/C13H26N4/c1-11(2)6-13(3,10-14)16(4)8-12-7-15-17(5)9-12/h7,9,11H,6,8,10,14H2,1-5H3. The van der Waals surface area contributed by atoms with Crippen molar-refractivity contribution >= 4 is 0 Å². The van der Waals surface area contributed by atoms with Gasteiger partial charge in [-0.25, -0.2) is 0 Å². The van der Waals surface area contributed by atoms with E-state index in [4.69, 9.17) is 5.73 Å². The third-order valence-electron chi connectivity index (χ3n) is 3.39. The van der Waals surface area contributed by atoms with E-state index in [9.17, 15) is 0 Å². The summed E-state index contributed by atoms with van der Waals surface area (Å²) in [4.78, 5) is 2.34. The summed E-state index contributed by atoms with van der Waals surface area (Å²) in [5, 5.41) is 4.20. The molecule has 1 aromatic rings. The Morgan fingerprint density at radius 2 is 2.18 bits per heavy atom. The Balaban J connectivity index is 2.69. The molecule has 4 heteroatoms. The first-order valence-corrected chi connectivity index (χ1v) is 6.26. The van der Waals surface area contributed by atoms with Gasteiger partial charge in [-0.05, 0) is 26.3 Å². The maximum atomic E-state index is 5.95. The Bertz CT molecular complexity index is 345. The van der Waals surface area contributed by atoms with Crippen LogP contribution in [0.2, 0.25) is 0 Å². The van der Waals surface area contributed by atoms with Gasteiger partial charge in [-0.1, -0.05) is 13.8 Å². The second-order valence-corrected chi connectivity index (χ2v) is 5.68. The van der Waals surface area contributed by atoms with Gasteiger partial charge in [0.1, 0.15) is 0 Å². The maximum Gasteiger partial charge on any atom is 0.0534 e. The summed E-state index contributed by atoms with van der Waals surface area (Å²) < 4.78 is 1.84. The third-order valence-corrected chi connectivity index (χ3v) is 3.39. The predicted octanol–water partition coefficient (Wildman–Crippen LogP) is 1.62. The van der Waals surface area contributed by atoms with Crippen LogP contribution in [-0.2, 0) is 13.6 Å². The largest absolute Gasteiger partial charge is 0.329 e. The van der Waals surface area contributed by atoms with Crippen LogP contribution in [0.5, 0.6) is 0 Å².